The summed E-state index contributed by atoms with van der Waals surface area (Å²) in [7, 11) is 1.38. The van der Waals surface area contributed by atoms with Crippen molar-refractivity contribution < 1.29 is 9.53 Å². The third-order valence-corrected chi connectivity index (χ3v) is 3.19. The molecule has 0 aliphatic carbocycles. The van der Waals surface area contributed by atoms with Gasteiger partial charge < -0.3 is 10.5 Å². The Morgan fingerprint density at radius 1 is 1.28 bits per heavy atom. The molecule has 18 heavy (non-hydrogen) atoms. The molecule has 0 spiro atoms. The maximum atomic E-state index is 11.4. The molecule has 0 aromatic heterocycles. The molecule has 0 amide bonds. The lowest BCUT2D eigenvalue weighted by Gasteiger charge is -2.29. The predicted octanol–water partition coefficient (Wildman–Crippen LogP) is 1.81. The van der Waals surface area contributed by atoms with Gasteiger partial charge in [-0.1, -0.05) is 26.0 Å². The van der Waals surface area contributed by atoms with Gasteiger partial charge in [0.25, 0.3) is 0 Å². The standard InChI is InChI=1S/C14H22N2O2/c1-4-16(5-2)13(10-15)11-6-8-12(9-7-11)14(17)18-3/h6-9,13H,4-5,10,15H2,1-3H3. The van der Waals surface area contributed by atoms with Crippen molar-refractivity contribution in [2.45, 2.75) is 19.9 Å². The molecule has 4 heteroatoms. The molecule has 1 aromatic carbocycles. The van der Waals surface area contributed by atoms with Crippen LogP contribution in [0.2, 0.25) is 0 Å². The first-order valence-electron chi connectivity index (χ1n) is 6.30. The van der Waals surface area contributed by atoms with Gasteiger partial charge in [-0.25, -0.2) is 4.79 Å². The van der Waals surface area contributed by atoms with Crippen LogP contribution in [0.25, 0.3) is 0 Å². The van der Waals surface area contributed by atoms with Crippen LogP contribution in [0.15, 0.2) is 24.3 Å². The number of ether oxygens (including phenoxy) is 1. The highest BCUT2D eigenvalue weighted by molar-refractivity contribution is 5.89. The number of nitrogens with zero attached hydrogens (tertiary/aromatic N) is 1. The van der Waals surface area contributed by atoms with Crippen molar-refractivity contribution in [2.24, 2.45) is 5.73 Å². The Morgan fingerprint density at radius 2 is 1.83 bits per heavy atom. The van der Waals surface area contributed by atoms with Gasteiger partial charge in [0.1, 0.15) is 0 Å². The van der Waals surface area contributed by atoms with Crippen molar-refractivity contribution in [1.82, 2.24) is 4.90 Å². The number of rotatable bonds is 6. The normalized spacial score (nSPS) is 12.5. The summed E-state index contributed by atoms with van der Waals surface area (Å²) in [6.07, 6.45) is 0. The second-order valence-electron chi connectivity index (χ2n) is 4.09. The van der Waals surface area contributed by atoms with Crippen LogP contribution in [0.4, 0.5) is 0 Å². The molecule has 0 heterocycles. The largest absolute Gasteiger partial charge is 0.465 e. The van der Waals surface area contributed by atoms with Gasteiger partial charge in [-0.2, -0.15) is 0 Å². The summed E-state index contributed by atoms with van der Waals surface area (Å²) >= 11 is 0. The molecule has 0 fully saturated rings. The zero-order valence-corrected chi connectivity index (χ0v) is 11.3. The van der Waals surface area contributed by atoms with Crippen molar-refractivity contribution in [3.05, 3.63) is 35.4 Å². The highest BCUT2D eigenvalue weighted by atomic mass is 16.5. The number of benzene rings is 1. The monoisotopic (exact) mass is 250 g/mol. The lowest BCUT2D eigenvalue weighted by atomic mass is 10.0. The molecule has 1 unspecified atom stereocenters. The van der Waals surface area contributed by atoms with Crippen LogP contribution in [-0.2, 0) is 4.74 Å². The Hall–Kier alpha value is -1.39. The van der Waals surface area contributed by atoms with Gasteiger partial charge in [-0.05, 0) is 30.8 Å². The molecule has 4 nitrogen and oxygen atoms in total. The van der Waals surface area contributed by atoms with Crippen LogP contribution in [-0.4, -0.2) is 37.6 Å². The lowest BCUT2D eigenvalue weighted by molar-refractivity contribution is 0.0600. The topological polar surface area (TPSA) is 55.6 Å². The fraction of sp³-hybridized carbons (Fsp3) is 0.500. The molecule has 0 aliphatic heterocycles. The second kappa shape index (κ2) is 7.13. The Labute approximate surface area is 109 Å². The Balaban J connectivity index is 2.91. The van der Waals surface area contributed by atoms with Gasteiger partial charge in [-0.15, -0.1) is 0 Å². The third kappa shape index (κ3) is 3.31. The number of hydrogen-bond acceptors (Lipinski definition) is 4. The minimum atomic E-state index is -0.311. The summed E-state index contributed by atoms with van der Waals surface area (Å²) in [5.74, 6) is -0.311. The summed E-state index contributed by atoms with van der Waals surface area (Å²) in [4.78, 5) is 13.7. The van der Waals surface area contributed by atoms with Crippen molar-refractivity contribution in [3.8, 4) is 0 Å². The van der Waals surface area contributed by atoms with E-state index < -0.39 is 0 Å². The number of likely N-dealkylation sites (N-methyl/N-ethyl adjacent to an activating group) is 1. The molecule has 100 valence electrons. The highest BCUT2D eigenvalue weighted by Gasteiger charge is 2.16. The maximum Gasteiger partial charge on any atom is 0.337 e. The lowest BCUT2D eigenvalue weighted by Crippen LogP contribution is -2.33. The minimum absolute atomic E-state index is 0.201. The Bertz CT molecular complexity index is 372. The van der Waals surface area contributed by atoms with Gasteiger partial charge in [0.15, 0.2) is 0 Å². The van der Waals surface area contributed by atoms with Crippen molar-refractivity contribution in [2.75, 3.05) is 26.7 Å². The van der Waals surface area contributed by atoms with Crippen LogP contribution in [0.1, 0.15) is 35.8 Å². The SMILES string of the molecule is CCN(CC)C(CN)c1ccc(C(=O)OC)cc1. The minimum Gasteiger partial charge on any atom is -0.465 e. The van der Waals surface area contributed by atoms with Crippen LogP contribution < -0.4 is 5.73 Å². The molecule has 1 rings (SSSR count). The summed E-state index contributed by atoms with van der Waals surface area (Å²) < 4.78 is 4.68. The Morgan fingerprint density at radius 3 is 2.22 bits per heavy atom. The van der Waals surface area contributed by atoms with E-state index in [1.807, 2.05) is 12.1 Å². The van der Waals surface area contributed by atoms with Crippen molar-refractivity contribution >= 4 is 5.97 Å². The van der Waals surface area contributed by atoms with Crippen molar-refractivity contribution in [1.29, 1.82) is 0 Å². The molecule has 0 saturated carbocycles. The van der Waals surface area contributed by atoms with Gasteiger partial charge in [0.05, 0.1) is 12.7 Å². The first-order valence-corrected chi connectivity index (χ1v) is 6.30. The summed E-state index contributed by atoms with van der Waals surface area (Å²) in [5, 5.41) is 0. The van der Waals surface area contributed by atoms with Gasteiger partial charge in [-0.3, -0.25) is 4.90 Å². The highest BCUT2D eigenvalue weighted by Crippen LogP contribution is 2.20. The van der Waals surface area contributed by atoms with Crippen LogP contribution >= 0.6 is 0 Å². The van der Waals surface area contributed by atoms with E-state index in [2.05, 4.69) is 23.5 Å². The van der Waals surface area contributed by atoms with E-state index in [1.165, 1.54) is 7.11 Å². The second-order valence-corrected chi connectivity index (χ2v) is 4.09. The van der Waals surface area contributed by atoms with Gasteiger partial charge >= 0.3 is 5.97 Å². The van der Waals surface area contributed by atoms with E-state index in [1.54, 1.807) is 12.1 Å². The molecule has 1 atom stereocenters. The smallest absolute Gasteiger partial charge is 0.337 e. The molecule has 0 saturated heterocycles. The Kier molecular flexibility index (Phi) is 5.82. The van der Waals surface area contributed by atoms with E-state index in [4.69, 9.17) is 5.73 Å². The molecule has 2 N–H and O–H groups in total. The summed E-state index contributed by atoms with van der Waals surface area (Å²) in [5.41, 5.74) is 7.55. The van der Waals surface area contributed by atoms with Crippen molar-refractivity contribution in [3.63, 3.8) is 0 Å². The quantitative estimate of drug-likeness (QED) is 0.782. The van der Waals surface area contributed by atoms with Crippen LogP contribution in [0.3, 0.4) is 0 Å². The zero-order valence-electron chi connectivity index (χ0n) is 11.3. The van der Waals surface area contributed by atoms with Crippen LogP contribution in [0.5, 0.6) is 0 Å². The number of methoxy groups -OCH3 is 1. The molecule has 1 aromatic rings. The van der Waals surface area contributed by atoms with E-state index in [9.17, 15) is 4.79 Å². The molecule has 0 aliphatic rings. The molecular weight excluding hydrogens is 228 g/mol. The molecule has 0 radical (unpaired) electrons. The number of esters is 1. The molecular formula is C14H22N2O2. The van der Waals surface area contributed by atoms with E-state index in [-0.39, 0.29) is 12.0 Å². The average Bonchev–Trinajstić information content (AvgIpc) is 2.44. The third-order valence-electron chi connectivity index (χ3n) is 3.19. The van der Waals surface area contributed by atoms with E-state index >= 15 is 0 Å². The van der Waals surface area contributed by atoms with Gasteiger partial charge in [0.2, 0.25) is 0 Å². The number of nitrogens with two attached hydrogens (primary N) is 1. The van der Waals surface area contributed by atoms with E-state index in [0.717, 1.165) is 18.7 Å². The maximum absolute atomic E-state index is 11.4. The van der Waals surface area contributed by atoms with Gasteiger partial charge in [0, 0.05) is 12.6 Å². The zero-order chi connectivity index (χ0) is 13.5. The number of carbonyl (C=O) groups is 1. The molecule has 0 bridgehead atoms. The first-order chi connectivity index (χ1) is 8.67. The first kappa shape index (κ1) is 14.7. The fourth-order valence-corrected chi connectivity index (χ4v) is 2.12. The summed E-state index contributed by atoms with van der Waals surface area (Å²) in [6.45, 7) is 6.72. The average molecular weight is 250 g/mol. The van der Waals surface area contributed by atoms with Crippen LogP contribution in [0, 0.1) is 0 Å². The van der Waals surface area contributed by atoms with E-state index in [0.29, 0.717) is 12.1 Å². The number of carbonyl (C=O) groups excluding carboxylic acids is 1. The number of hydrogen-bond donors (Lipinski definition) is 1. The summed E-state index contributed by atoms with van der Waals surface area (Å²) in [6, 6.07) is 7.66. The predicted molar refractivity (Wildman–Crippen MR) is 72.5 cm³/mol. The fourth-order valence-electron chi connectivity index (χ4n) is 2.12.